The van der Waals surface area contributed by atoms with E-state index in [0.717, 1.165) is 66.8 Å². The van der Waals surface area contributed by atoms with Crippen LogP contribution in [0.5, 0.6) is 0 Å². The molecule has 3 heterocycles. The Kier molecular flexibility index (Phi) is 8.18. The standard InChI is InChI=1S/C60H38N4/c1-4-15-39(16-5-1)41-27-29-43(30-28-41)60-61-53-33-32-47(36-51(53)59(62-60)45-21-14-20-44(35-45)40-17-6-2-7-18-40)64-54-26-13-12-25-49(54)50-37-52-57(38-56(50)64)63(46-22-8-3-9-23-46)55-34-31-42-19-10-11-24-48(42)58(52)55/h1-38H. The van der Waals surface area contributed by atoms with Gasteiger partial charge in [-0.1, -0.05) is 170 Å². The highest BCUT2D eigenvalue weighted by Crippen LogP contribution is 2.43. The number of rotatable bonds is 6. The number of fused-ring (bicyclic) bond motifs is 9. The highest BCUT2D eigenvalue weighted by atomic mass is 15.0. The molecule has 0 atom stereocenters. The van der Waals surface area contributed by atoms with E-state index >= 15 is 0 Å². The quantitative estimate of drug-likeness (QED) is 0.168. The Morgan fingerprint density at radius 1 is 0.281 bits per heavy atom. The zero-order valence-electron chi connectivity index (χ0n) is 34.7. The van der Waals surface area contributed by atoms with E-state index in [9.17, 15) is 0 Å². The van der Waals surface area contributed by atoms with Gasteiger partial charge in [-0.3, -0.25) is 0 Å². The SMILES string of the molecule is c1ccc(-c2ccc(-c3nc(-c4cccc(-c5ccccc5)c4)c4cc(-n5c6ccccc6c6cc7c8c9ccccc9ccc8n(-c8ccccc8)c7cc65)ccc4n3)cc2)cc1. The maximum Gasteiger partial charge on any atom is 0.160 e. The largest absolute Gasteiger partial charge is 0.309 e. The van der Waals surface area contributed by atoms with Crippen LogP contribution in [0.2, 0.25) is 0 Å². The van der Waals surface area contributed by atoms with Crippen molar-refractivity contribution in [3.63, 3.8) is 0 Å². The van der Waals surface area contributed by atoms with Crippen LogP contribution in [0.3, 0.4) is 0 Å². The van der Waals surface area contributed by atoms with Gasteiger partial charge in [0.25, 0.3) is 0 Å². The van der Waals surface area contributed by atoms with E-state index in [4.69, 9.17) is 9.97 Å². The highest BCUT2D eigenvalue weighted by molar-refractivity contribution is 6.25. The third-order valence-corrected chi connectivity index (χ3v) is 12.9. The molecular weight excluding hydrogens is 777 g/mol. The molecule has 3 aromatic heterocycles. The summed E-state index contributed by atoms with van der Waals surface area (Å²) in [4.78, 5) is 10.7. The van der Waals surface area contributed by atoms with E-state index in [1.54, 1.807) is 0 Å². The van der Waals surface area contributed by atoms with Gasteiger partial charge < -0.3 is 9.13 Å². The topological polar surface area (TPSA) is 35.6 Å². The first-order chi connectivity index (χ1) is 31.7. The van der Waals surface area contributed by atoms with E-state index in [2.05, 4.69) is 234 Å². The molecule has 4 heteroatoms. The molecule has 64 heavy (non-hydrogen) atoms. The Bertz CT molecular complexity index is 3920. The lowest BCUT2D eigenvalue weighted by Crippen LogP contribution is -1.99. The summed E-state index contributed by atoms with van der Waals surface area (Å²) in [6.07, 6.45) is 0. The molecule has 0 N–H and O–H groups in total. The second-order valence-corrected chi connectivity index (χ2v) is 16.6. The molecule has 0 aliphatic carbocycles. The first kappa shape index (κ1) is 36.1. The molecule has 10 aromatic carbocycles. The molecule has 0 saturated heterocycles. The van der Waals surface area contributed by atoms with Crippen LogP contribution in [-0.2, 0) is 0 Å². The number of hydrogen-bond acceptors (Lipinski definition) is 2. The van der Waals surface area contributed by atoms with Crippen LogP contribution in [0, 0.1) is 0 Å². The van der Waals surface area contributed by atoms with Gasteiger partial charge in [-0.15, -0.1) is 0 Å². The molecule has 0 saturated carbocycles. The van der Waals surface area contributed by atoms with Crippen LogP contribution in [0.25, 0.3) is 122 Å². The van der Waals surface area contributed by atoms with Gasteiger partial charge in [0.2, 0.25) is 0 Å². The summed E-state index contributed by atoms with van der Waals surface area (Å²) in [5.74, 6) is 0.695. The van der Waals surface area contributed by atoms with Gasteiger partial charge in [-0.25, -0.2) is 9.97 Å². The van der Waals surface area contributed by atoms with Gasteiger partial charge in [0.05, 0.1) is 33.3 Å². The predicted octanol–water partition coefficient (Wildman–Crippen LogP) is 15.6. The van der Waals surface area contributed by atoms with Crippen molar-refractivity contribution in [2.75, 3.05) is 0 Å². The van der Waals surface area contributed by atoms with Crippen molar-refractivity contribution in [1.82, 2.24) is 19.1 Å². The maximum atomic E-state index is 5.44. The number of hydrogen-bond donors (Lipinski definition) is 0. The summed E-state index contributed by atoms with van der Waals surface area (Å²) in [5.41, 5.74) is 15.3. The molecule has 0 amide bonds. The van der Waals surface area contributed by atoms with E-state index in [1.807, 2.05) is 6.07 Å². The van der Waals surface area contributed by atoms with E-state index in [0.29, 0.717) is 5.82 Å². The Balaban J connectivity index is 1.06. The molecule has 13 rings (SSSR count). The Morgan fingerprint density at radius 2 is 0.891 bits per heavy atom. The Labute approximate surface area is 369 Å². The summed E-state index contributed by atoms with van der Waals surface area (Å²) in [6, 6.07) is 82.7. The summed E-state index contributed by atoms with van der Waals surface area (Å²) >= 11 is 0. The minimum atomic E-state index is 0.695. The molecular formula is C60H38N4. The van der Waals surface area contributed by atoms with Gasteiger partial charge in [0.1, 0.15) is 0 Å². The van der Waals surface area contributed by atoms with Crippen molar-refractivity contribution in [2.45, 2.75) is 0 Å². The predicted molar refractivity (Wildman–Crippen MR) is 267 cm³/mol. The molecule has 298 valence electrons. The first-order valence-corrected chi connectivity index (χ1v) is 21.8. The van der Waals surface area contributed by atoms with Crippen LogP contribution in [-0.4, -0.2) is 19.1 Å². The molecule has 0 aliphatic heterocycles. The third-order valence-electron chi connectivity index (χ3n) is 12.9. The normalized spacial score (nSPS) is 11.8. The number of aromatic nitrogens is 4. The van der Waals surface area contributed by atoms with Crippen molar-refractivity contribution in [1.29, 1.82) is 0 Å². The van der Waals surface area contributed by atoms with Crippen molar-refractivity contribution < 1.29 is 0 Å². The molecule has 4 nitrogen and oxygen atoms in total. The smallest absolute Gasteiger partial charge is 0.160 e. The van der Waals surface area contributed by atoms with Gasteiger partial charge in [0, 0.05) is 49.4 Å². The molecule has 0 fully saturated rings. The second-order valence-electron chi connectivity index (χ2n) is 16.6. The lowest BCUT2D eigenvalue weighted by atomic mass is 9.99. The van der Waals surface area contributed by atoms with Gasteiger partial charge in [0.15, 0.2) is 5.82 Å². The van der Waals surface area contributed by atoms with Gasteiger partial charge in [-0.05, 0) is 93.7 Å². The van der Waals surface area contributed by atoms with E-state index in [1.165, 1.54) is 48.9 Å². The van der Waals surface area contributed by atoms with E-state index < -0.39 is 0 Å². The van der Waals surface area contributed by atoms with Crippen molar-refractivity contribution in [3.8, 4) is 56.3 Å². The average molecular weight is 815 g/mol. The minimum absolute atomic E-state index is 0.695. The Morgan fingerprint density at radius 3 is 1.69 bits per heavy atom. The van der Waals surface area contributed by atoms with Crippen molar-refractivity contribution in [2.24, 2.45) is 0 Å². The van der Waals surface area contributed by atoms with Crippen molar-refractivity contribution >= 4 is 65.3 Å². The fourth-order valence-corrected chi connectivity index (χ4v) is 9.91. The highest BCUT2D eigenvalue weighted by Gasteiger charge is 2.21. The lowest BCUT2D eigenvalue weighted by molar-refractivity contribution is 1.16. The molecule has 13 aromatic rings. The maximum absolute atomic E-state index is 5.44. The van der Waals surface area contributed by atoms with Crippen molar-refractivity contribution in [3.05, 3.63) is 231 Å². The molecule has 0 bridgehead atoms. The van der Waals surface area contributed by atoms with Crippen LogP contribution < -0.4 is 0 Å². The number of para-hydroxylation sites is 2. The molecule has 0 aliphatic rings. The third kappa shape index (κ3) is 5.77. The first-order valence-electron chi connectivity index (χ1n) is 21.8. The van der Waals surface area contributed by atoms with Crippen LogP contribution in [0.4, 0.5) is 0 Å². The Hall–Kier alpha value is -8.60. The monoisotopic (exact) mass is 814 g/mol. The zero-order chi connectivity index (χ0) is 42.1. The number of nitrogens with zero attached hydrogens (tertiary/aromatic N) is 4. The molecule has 0 spiro atoms. The lowest BCUT2D eigenvalue weighted by Gasteiger charge is -2.14. The van der Waals surface area contributed by atoms with Crippen LogP contribution in [0.15, 0.2) is 231 Å². The number of benzene rings is 10. The fourth-order valence-electron chi connectivity index (χ4n) is 9.91. The average Bonchev–Trinajstić information content (AvgIpc) is 3.88. The summed E-state index contributed by atoms with van der Waals surface area (Å²) in [7, 11) is 0. The van der Waals surface area contributed by atoms with Crippen LogP contribution >= 0.6 is 0 Å². The second kappa shape index (κ2) is 14.5. The van der Waals surface area contributed by atoms with Gasteiger partial charge >= 0.3 is 0 Å². The molecule has 0 unspecified atom stereocenters. The molecule has 0 radical (unpaired) electrons. The van der Waals surface area contributed by atoms with Gasteiger partial charge in [-0.2, -0.15) is 0 Å². The summed E-state index contributed by atoms with van der Waals surface area (Å²) in [6.45, 7) is 0. The summed E-state index contributed by atoms with van der Waals surface area (Å²) in [5, 5.41) is 8.41. The van der Waals surface area contributed by atoms with E-state index in [-0.39, 0.29) is 0 Å². The fraction of sp³-hybridized carbons (Fsp3) is 0. The zero-order valence-corrected chi connectivity index (χ0v) is 34.7. The minimum Gasteiger partial charge on any atom is -0.309 e. The van der Waals surface area contributed by atoms with Crippen LogP contribution in [0.1, 0.15) is 0 Å². The summed E-state index contributed by atoms with van der Waals surface area (Å²) < 4.78 is 4.85.